The second kappa shape index (κ2) is 7.91. The molecule has 2 unspecified atom stereocenters. The van der Waals surface area contributed by atoms with E-state index in [-0.39, 0.29) is 6.03 Å². The van der Waals surface area contributed by atoms with Crippen LogP contribution in [0, 0.1) is 11.8 Å². The number of carbonyl (C=O) groups is 1. The quantitative estimate of drug-likeness (QED) is 0.899. The Labute approximate surface area is 145 Å². The van der Waals surface area contributed by atoms with Crippen LogP contribution in [0.1, 0.15) is 51.5 Å². The molecule has 2 aliphatic rings. The summed E-state index contributed by atoms with van der Waals surface area (Å²) in [6, 6.07) is 8.12. The van der Waals surface area contributed by atoms with Gasteiger partial charge in [0.25, 0.3) is 0 Å². The number of hydrogen-bond acceptors (Lipinski definition) is 2. The number of benzene rings is 1. The minimum atomic E-state index is 0.0454. The Morgan fingerprint density at radius 2 is 1.83 bits per heavy atom. The van der Waals surface area contributed by atoms with Gasteiger partial charge in [-0.25, -0.2) is 4.79 Å². The van der Waals surface area contributed by atoms with E-state index < -0.39 is 0 Å². The van der Waals surface area contributed by atoms with Crippen LogP contribution in [0.25, 0.3) is 0 Å². The molecule has 0 radical (unpaired) electrons. The molecule has 3 rings (SSSR count). The summed E-state index contributed by atoms with van der Waals surface area (Å²) < 4.78 is 6.15. The Morgan fingerprint density at radius 3 is 2.54 bits per heavy atom. The van der Waals surface area contributed by atoms with Crippen molar-refractivity contribution in [1.82, 2.24) is 10.2 Å². The highest BCUT2D eigenvalue weighted by Crippen LogP contribution is 2.27. The fourth-order valence-electron chi connectivity index (χ4n) is 4.06. The van der Waals surface area contributed by atoms with Gasteiger partial charge in [-0.3, -0.25) is 0 Å². The van der Waals surface area contributed by atoms with Crippen LogP contribution in [0.2, 0.25) is 0 Å². The number of nitrogens with one attached hydrogen (secondary N) is 1. The standard InChI is InChI=1S/C20H30N2O2/c1-15-11-16(2)14-22(13-15)20(23)21-12-17-7-3-6-10-19(17)24-18-8-4-5-9-18/h3,6-7,10,15-16,18H,4-5,8-9,11-14H2,1-2H3,(H,21,23). The van der Waals surface area contributed by atoms with Crippen molar-refractivity contribution in [2.45, 2.75) is 58.6 Å². The molecule has 2 amide bonds. The second-order valence-electron chi connectivity index (χ2n) is 7.64. The summed E-state index contributed by atoms with van der Waals surface area (Å²) in [5.41, 5.74) is 1.07. The maximum absolute atomic E-state index is 12.5. The maximum Gasteiger partial charge on any atom is 0.317 e. The molecule has 1 saturated carbocycles. The number of nitrogens with zero attached hydrogens (tertiary/aromatic N) is 1. The first kappa shape index (κ1) is 17.1. The second-order valence-corrected chi connectivity index (χ2v) is 7.64. The highest BCUT2D eigenvalue weighted by molar-refractivity contribution is 5.74. The minimum absolute atomic E-state index is 0.0454. The molecule has 0 aromatic heterocycles. The number of likely N-dealkylation sites (tertiary alicyclic amines) is 1. The molecular weight excluding hydrogens is 300 g/mol. The Bertz CT molecular complexity index is 544. The molecule has 1 saturated heterocycles. The van der Waals surface area contributed by atoms with Gasteiger partial charge in [0.1, 0.15) is 5.75 Å². The van der Waals surface area contributed by atoms with Crippen LogP contribution in [0.15, 0.2) is 24.3 Å². The number of amides is 2. The van der Waals surface area contributed by atoms with Gasteiger partial charge in [-0.1, -0.05) is 32.0 Å². The fourth-order valence-corrected chi connectivity index (χ4v) is 4.06. The van der Waals surface area contributed by atoms with Crippen LogP contribution >= 0.6 is 0 Å². The number of carbonyl (C=O) groups excluding carboxylic acids is 1. The van der Waals surface area contributed by atoms with Gasteiger partial charge in [0.2, 0.25) is 0 Å². The van der Waals surface area contributed by atoms with Crippen molar-refractivity contribution in [3.05, 3.63) is 29.8 Å². The summed E-state index contributed by atoms with van der Waals surface area (Å²) in [5, 5.41) is 3.08. The number of rotatable bonds is 4. The third kappa shape index (κ3) is 4.43. The van der Waals surface area contributed by atoms with Crippen LogP contribution in [0.4, 0.5) is 4.79 Å². The summed E-state index contributed by atoms with van der Waals surface area (Å²) in [7, 11) is 0. The first-order chi connectivity index (χ1) is 11.6. The molecule has 1 N–H and O–H groups in total. The van der Waals surface area contributed by atoms with E-state index in [1.54, 1.807) is 0 Å². The normalized spacial score (nSPS) is 24.8. The van der Waals surface area contributed by atoms with Gasteiger partial charge in [-0.2, -0.15) is 0 Å². The van der Waals surface area contributed by atoms with Crippen molar-refractivity contribution in [2.75, 3.05) is 13.1 Å². The van der Waals surface area contributed by atoms with Gasteiger partial charge < -0.3 is 15.0 Å². The molecule has 4 heteroatoms. The maximum atomic E-state index is 12.5. The largest absolute Gasteiger partial charge is 0.490 e. The van der Waals surface area contributed by atoms with Crippen LogP contribution in [0.5, 0.6) is 5.75 Å². The molecule has 1 aliphatic heterocycles. The van der Waals surface area contributed by atoms with E-state index in [1.807, 2.05) is 29.2 Å². The Morgan fingerprint density at radius 1 is 1.17 bits per heavy atom. The van der Waals surface area contributed by atoms with Gasteiger partial charge >= 0.3 is 6.03 Å². The van der Waals surface area contributed by atoms with Gasteiger partial charge in [-0.15, -0.1) is 0 Å². The molecule has 24 heavy (non-hydrogen) atoms. The smallest absolute Gasteiger partial charge is 0.317 e. The molecule has 2 atom stereocenters. The van der Waals surface area contributed by atoms with Crippen molar-refractivity contribution in [2.24, 2.45) is 11.8 Å². The zero-order valence-electron chi connectivity index (χ0n) is 15.0. The number of piperidine rings is 1. The number of ether oxygens (including phenoxy) is 1. The highest BCUT2D eigenvalue weighted by Gasteiger charge is 2.25. The molecule has 1 aromatic carbocycles. The van der Waals surface area contributed by atoms with Crippen molar-refractivity contribution >= 4 is 6.03 Å². The zero-order valence-corrected chi connectivity index (χ0v) is 15.0. The fraction of sp³-hybridized carbons (Fsp3) is 0.650. The molecule has 132 valence electrons. The topological polar surface area (TPSA) is 41.6 Å². The third-order valence-corrected chi connectivity index (χ3v) is 5.15. The highest BCUT2D eigenvalue weighted by atomic mass is 16.5. The van der Waals surface area contributed by atoms with Crippen LogP contribution in [0.3, 0.4) is 0 Å². The Balaban J connectivity index is 1.56. The van der Waals surface area contributed by atoms with E-state index in [0.717, 1.165) is 37.2 Å². The first-order valence-corrected chi connectivity index (χ1v) is 9.39. The van der Waals surface area contributed by atoms with E-state index >= 15 is 0 Å². The summed E-state index contributed by atoms with van der Waals surface area (Å²) in [6.07, 6.45) is 6.35. The average molecular weight is 330 g/mol. The van der Waals surface area contributed by atoms with Crippen LogP contribution in [-0.4, -0.2) is 30.1 Å². The summed E-state index contributed by atoms with van der Waals surface area (Å²) >= 11 is 0. The van der Waals surface area contributed by atoms with Crippen LogP contribution in [-0.2, 0) is 6.54 Å². The molecule has 1 aliphatic carbocycles. The van der Waals surface area contributed by atoms with Crippen molar-refractivity contribution in [3.63, 3.8) is 0 Å². The van der Waals surface area contributed by atoms with E-state index in [0.29, 0.717) is 24.5 Å². The van der Waals surface area contributed by atoms with Gasteiger partial charge in [-0.05, 0) is 50.0 Å². The first-order valence-electron chi connectivity index (χ1n) is 9.39. The lowest BCUT2D eigenvalue weighted by molar-refractivity contribution is 0.145. The SMILES string of the molecule is CC1CC(C)CN(C(=O)NCc2ccccc2OC2CCCC2)C1. The van der Waals surface area contributed by atoms with E-state index in [1.165, 1.54) is 19.3 Å². The van der Waals surface area contributed by atoms with Crippen molar-refractivity contribution < 1.29 is 9.53 Å². The lowest BCUT2D eigenvalue weighted by Crippen LogP contribution is -2.47. The third-order valence-electron chi connectivity index (χ3n) is 5.15. The molecule has 0 bridgehead atoms. The van der Waals surface area contributed by atoms with Crippen molar-refractivity contribution in [3.8, 4) is 5.75 Å². The predicted octanol–water partition coefficient (Wildman–Crippen LogP) is 4.20. The number of para-hydroxylation sites is 1. The lowest BCUT2D eigenvalue weighted by Gasteiger charge is -2.35. The molecule has 4 nitrogen and oxygen atoms in total. The summed E-state index contributed by atoms with van der Waals surface area (Å²) in [4.78, 5) is 14.4. The summed E-state index contributed by atoms with van der Waals surface area (Å²) in [5.74, 6) is 2.08. The molecule has 1 aromatic rings. The lowest BCUT2D eigenvalue weighted by atomic mass is 9.92. The zero-order chi connectivity index (χ0) is 16.9. The Hall–Kier alpha value is -1.71. The average Bonchev–Trinajstić information content (AvgIpc) is 3.06. The molecule has 1 heterocycles. The van der Waals surface area contributed by atoms with Gasteiger partial charge in [0.05, 0.1) is 6.10 Å². The van der Waals surface area contributed by atoms with E-state index in [9.17, 15) is 4.79 Å². The van der Waals surface area contributed by atoms with Crippen LogP contribution < -0.4 is 10.1 Å². The van der Waals surface area contributed by atoms with E-state index in [2.05, 4.69) is 19.2 Å². The van der Waals surface area contributed by atoms with E-state index in [4.69, 9.17) is 4.74 Å². The monoisotopic (exact) mass is 330 g/mol. The minimum Gasteiger partial charge on any atom is -0.490 e. The Kier molecular flexibility index (Phi) is 5.64. The number of urea groups is 1. The predicted molar refractivity (Wildman–Crippen MR) is 96.1 cm³/mol. The molecule has 0 spiro atoms. The molecule has 2 fully saturated rings. The van der Waals surface area contributed by atoms with Gasteiger partial charge in [0, 0.05) is 25.2 Å². The van der Waals surface area contributed by atoms with Gasteiger partial charge in [0.15, 0.2) is 0 Å². The summed E-state index contributed by atoms with van der Waals surface area (Å²) in [6.45, 7) is 6.69. The molecular formula is C20H30N2O2. The van der Waals surface area contributed by atoms with Crippen molar-refractivity contribution in [1.29, 1.82) is 0 Å². The number of hydrogen-bond donors (Lipinski definition) is 1.